The normalized spacial score (nSPS) is 14.5. The van der Waals surface area contributed by atoms with Gasteiger partial charge in [-0.2, -0.15) is 8.42 Å². The highest BCUT2D eigenvalue weighted by Gasteiger charge is 2.34. The molecule has 0 spiro atoms. The van der Waals surface area contributed by atoms with Gasteiger partial charge in [-0.1, -0.05) is 36.4 Å². The van der Waals surface area contributed by atoms with Gasteiger partial charge in [-0.05, 0) is 24.6 Å². The number of carbonyl (C=O) groups excluding carboxylic acids is 1. The van der Waals surface area contributed by atoms with Crippen molar-refractivity contribution in [1.82, 2.24) is 5.32 Å². The Hall–Kier alpha value is -1.37. The number of rotatable bonds is 5. The molecule has 1 aromatic rings. The van der Waals surface area contributed by atoms with Crippen molar-refractivity contribution >= 4 is 27.6 Å². The minimum Gasteiger partial charge on any atom is -0.342 e. The van der Waals surface area contributed by atoms with E-state index < -0.39 is 27.3 Å². The van der Waals surface area contributed by atoms with Crippen molar-refractivity contribution in [3.8, 4) is 0 Å². The van der Waals surface area contributed by atoms with Crippen LogP contribution in [0.1, 0.15) is 12.5 Å². The quantitative estimate of drug-likeness (QED) is 0.641. The van der Waals surface area contributed by atoms with Crippen LogP contribution in [-0.4, -0.2) is 24.6 Å². The molecule has 1 rings (SSSR count). The molecule has 0 saturated heterocycles. The summed E-state index contributed by atoms with van der Waals surface area (Å²) in [5, 5.41) is 2.77. The molecule has 1 aromatic carbocycles. The maximum absolute atomic E-state index is 11.4. The van der Waals surface area contributed by atoms with Crippen LogP contribution in [0.15, 0.2) is 36.9 Å². The SMILES string of the molecule is C=CC(=O)NC(C)(CS(=O)(=O)O)c1ccccc1Cl. The fourth-order valence-corrected chi connectivity index (χ4v) is 3.08. The number of benzene rings is 1. The number of hydrogen-bond donors (Lipinski definition) is 2. The van der Waals surface area contributed by atoms with Crippen LogP contribution in [-0.2, 0) is 20.5 Å². The lowest BCUT2D eigenvalue weighted by Crippen LogP contribution is -2.47. The van der Waals surface area contributed by atoms with Gasteiger partial charge in [0.25, 0.3) is 10.1 Å². The van der Waals surface area contributed by atoms with E-state index in [0.717, 1.165) is 6.08 Å². The first-order valence-electron chi connectivity index (χ1n) is 5.33. The molecular formula is C12H14ClNO4S. The molecule has 1 unspecified atom stereocenters. The van der Waals surface area contributed by atoms with Crippen LogP contribution in [0.25, 0.3) is 0 Å². The largest absolute Gasteiger partial charge is 0.342 e. The Morgan fingerprint density at radius 1 is 1.53 bits per heavy atom. The van der Waals surface area contributed by atoms with Gasteiger partial charge in [-0.15, -0.1) is 0 Å². The number of nitrogens with one attached hydrogen (secondary N) is 1. The Bertz CT molecular complexity index is 600. The second-order valence-electron chi connectivity index (χ2n) is 4.23. The lowest BCUT2D eigenvalue weighted by atomic mass is 9.94. The molecule has 0 bridgehead atoms. The zero-order valence-corrected chi connectivity index (χ0v) is 11.8. The van der Waals surface area contributed by atoms with Crippen LogP contribution in [0, 0.1) is 0 Å². The Labute approximate surface area is 117 Å². The fraction of sp³-hybridized carbons (Fsp3) is 0.250. The molecule has 0 radical (unpaired) electrons. The van der Waals surface area contributed by atoms with E-state index in [9.17, 15) is 13.2 Å². The summed E-state index contributed by atoms with van der Waals surface area (Å²) in [6.07, 6.45) is 1.01. The van der Waals surface area contributed by atoms with E-state index in [1.54, 1.807) is 24.3 Å². The Kier molecular flexibility index (Phi) is 4.73. The average molecular weight is 304 g/mol. The van der Waals surface area contributed by atoms with Gasteiger partial charge in [-0.3, -0.25) is 9.35 Å². The average Bonchev–Trinajstić information content (AvgIpc) is 2.26. The first-order chi connectivity index (χ1) is 8.68. The van der Waals surface area contributed by atoms with Crippen LogP contribution < -0.4 is 5.32 Å². The number of halogens is 1. The minimum absolute atomic E-state index is 0.290. The van der Waals surface area contributed by atoms with Gasteiger partial charge < -0.3 is 5.32 Å². The molecule has 0 aliphatic carbocycles. The van der Waals surface area contributed by atoms with E-state index in [-0.39, 0.29) is 5.02 Å². The minimum atomic E-state index is -4.31. The first kappa shape index (κ1) is 15.7. The molecule has 0 heterocycles. The maximum atomic E-state index is 11.4. The van der Waals surface area contributed by atoms with Crippen molar-refractivity contribution in [2.24, 2.45) is 0 Å². The monoisotopic (exact) mass is 303 g/mol. The molecule has 7 heteroatoms. The van der Waals surface area contributed by atoms with Gasteiger partial charge in [0.2, 0.25) is 5.91 Å². The standard InChI is InChI=1S/C12H14ClNO4S/c1-3-11(15)14-12(2,8-19(16,17)18)9-6-4-5-7-10(9)13/h3-7H,1,8H2,2H3,(H,14,15)(H,16,17,18). The summed E-state index contributed by atoms with van der Waals surface area (Å²) in [5.41, 5.74) is -0.957. The van der Waals surface area contributed by atoms with Crippen molar-refractivity contribution in [2.45, 2.75) is 12.5 Å². The van der Waals surface area contributed by atoms with E-state index in [1.807, 2.05) is 0 Å². The van der Waals surface area contributed by atoms with Gasteiger partial charge in [0.05, 0.1) is 5.54 Å². The molecule has 5 nitrogen and oxygen atoms in total. The van der Waals surface area contributed by atoms with E-state index in [4.69, 9.17) is 16.2 Å². The highest BCUT2D eigenvalue weighted by atomic mass is 35.5. The summed E-state index contributed by atoms with van der Waals surface area (Å²) < 4.78 is 31.3. The van der Waals surface area contributed by atoms with Crippen LogP contribution in [0.5, 0.6) is 0 Å². The topological polar surface area (TPSA) is 83.5 Å². The predicted octanol–water partition coefficient (Wildman–Crippen LogP) is 1.75. The predicted molar refractivity (Wildman–Crippen MR) is 73.6 cm³/mol. The van der Waals surface area contributed by atoms with Gasteiger partial charge >= 0.3 is 0 Å². The molecule has 0 aliphatic rings. The summed E-state index contributed by atoms with van der Waals surface area (Å²) in [4.78, 5) is 11.4. The Balaban J connectivity index is 3.30. The number of carbonyl (C=O) groups is 1. The van der Waals surface area contributed by atoms with Crippen LogP contribution in [0.2, 0.25) is 5.02 Å². The molecule has 0 aromatic heterocycles. The van der Waals surface area contributed by atoms with E-state index in [0.29, 0.717) is 5.56 Å². The molecule has 2 N–H and O–H groups in total. The number of amides is 1. The van der Waals surface area contributed by atoms with E-state index >= 15 is 0 Å². The smallest absolute Gasteiger partial charge is 0.267 e. The summed E-state index contributed by atoms with van der Waals surface area (Å²) in [6, 6.07) is 6.48. The summed E-state index contributed by atoms with van der Waals surface area (Å²) in [5.74, 6) is -1.25. The highest BCUT2D eigenvalue weighted by Crippen LogP contribution is 2.29. The molecule has 0 saturated carbocycles. The third kappa shape index (κ3) is 4.34. The number of hydrogen-bond acceptors (Lipinski definition) is 3. The zero-order chi connectivity index (χ0) is 14.7. The summed E-state index contributed by atoms with van der Waals surface area (Å²) >= 11 is 6.01. The van der Waals surface area contributed by atoms with Crippen molar-refractivity contribution in [2.75, 3.05) is 5.75 Å². The van der Waals surface area contributed by atoms with Gasteiger partial charge in [0, 0.05) is 5.02 Å². The van der Waals surface area contributed by atoms with Gasteiger partial charge in [0.15, 0.2) is 0 Å². The lowest BCUT2D eigenvalue weighted by Gasteiger charge is -2.30. The molecular weight excluding hydrogens is 290 g/mol. The molecule has 1 atom stereocenters. The molecule has 19 heavy (non-hydrogen) atoms. The van der Waals surface area contributed by atoms with E-state index in [2.05, 4.69) is 11.9 Å². The van der Waals surface area contributed by atoms with Gasteiger partial charge in [-0.25, -0.2) is 0 Å². The second kappa shape index (κ2) is 5.73. The molecule has 1 amide bonds. The highest BCUT2D eigenvalue weighted by molar-refractivity contribution is 7.85. The third-order valence-corrected chi connectivity index (χ3v) is 3.80. The van der Waals surface area contributed by atoms with Crippen molar-refractivity contribution < 1.29 is 17.8 Å². The second-order valence-corrected chi connectivity index (χ2v) is 6.09. The lowest BCUT2D eigenvalue weighted by molar-refractivity contribution is -0.118. The molecule has 104 valence electrons. The van der Waals surface area contributed by atoms with Crippen LogP contribution in [0.4, 0.5) is 0 Å². The Morgan fingerprint density at radius 3 is 2.58 bits per heavy atom. The van der Waals surface area contributed by atoms with E-state index in [1.165, 1.54) is 6.92 Å². The van der Waals surface area contributed by atoms with Crippen molar-refractivity contribution in [3.05, 3.63) is 47.5 Å². The third-order valence-electron chi connectivity index (χ3n) is 2.52. The van der Waals surface area contributed by atoms with Crippen molar-refractivity contribution in [3.63, 3.8) is 0 Å². The first-order valence-corrected chi connectivity index (χ1v) is 7.31. The van der Waals surface area contributed by atoms with Gasteiger partial charge in [0.1, 0.15) is 5.75 Å². The fourth-order valence-electron chi connectivity index (χ4n) is 1.78. The maximum Gasteiger partial charge on any atom is 0.267 e. The van der Waals surface area contributed by atoms with Crippen LogP contribution >= 0.6 is 11.6 Å². The Morgan fingerprint density at radius 2 is 2.11 bits per heavy atom. The molecule has 0 fully saturated rings. The zero-order valence-electron chi connectivity index (χ0n) is 10.3. The summed E-state index contributed by atoms with van der Waals surface area (Å²) in [6.45, 7) is 4.76. The molecule has 0 aliphatic heterocycles. The summed E-state index contributed by atoms with van der Waals surface area (Å²) in [7, 11) is -4.31. The van der Waals surface area contributed by atoms with Crippen LogP contribution in [0.3, 0.4) is 0 Å². The van der Waals surface area contributed by atoms with Crippen molar-refractivity contribution in [1.29, 1.82) is 0 Å².